The maximum Gasteiger partial charge on any atom is 0.302 e. The second-order valence-corrected chi connectivity index (χ2v) is 17.8. The molecule has 0 spiro atoms. The van der Waals surface area contributed by atoms with Crippen LogP contribution in [0.15, 0.2) is 11.6 Å². The molecular formula is C38H59NO5. The molecule has 1 amide bonds. The normalized spacial score (nSPS) is 46.0. The highest BCUT2D eigenvalue weighted by molar-refractivity contribution is 5.84. The lowest BCUT2D eigenvalue weighted by Crippen LogP contribution is -2.66. The van der Waals surface area contributed by atoms with E-state index >= 15 is 0 Å². The van der Waals surface area contributed by atoms with Gasteiger partial charge in [-0.25, -0.2) is 0 Å². The fourth-order valence-corrected chi connectivity index (χ4v) is 12.5. The minimum Gasteiger partial charge on any atom is -0.465 e. The molecule has 246 valence electrons. The number of nitrogens with zero attached hydrogens (tertiary/aromatic N) is 1. The minimum atomic E-state index is -0.423. The minimum absolute atomic E-state index is 0.0370. The molecule has 0 radical (unpaired) electrons. The molecule has 6 nitrogen and oxygen atoms in total. The summed E-state index contributed by atoms with van der Waals surface area (Å²) < 4.78 is 11.7. The van der Waals surface area contributed by atoms with E-state index in [4.69, 9.17) is 9.47 Å². The Labute approximate surface area is 266 Å². The predicted octanol–water partition coefficient (Wildman–Crippen LogP) is 7.89. The molecule has 0 N–H and O–H groups in total. The van der Waals surface area contributed by atoms with E-state index < -0.39 is 5.41 Å². The van der Waals surface area contributed by atoms with Gasteiger partial charge in [-0.3, -0.25) is 14.4 Å². The van der Waals surface area contributed by atoms with Gasteiger partial charge in [0.05, 0.1) is 5.41 Å². The Morgan fingerprint density at radius 1 is 0.841 bits per heavy atom. The Balaban J connectivity index is 1.39. The van der Waals surface area contributed by atoms with Crippen LogP contribution in [0.3, 0.4) is 0 Å². The van der Waals surface area contributed by atoms with Gasteiger partial charge in [-0.15, -0.1) is 0 Å². The maximum atomic E-state index is 14.5. The zero-order valence-corrected chi connectivity index (χ0v) is 29.0. The number of carbonyl (C=O) groups excluding carboxylic acids is 3. The van der Waals surface area contributed by atoms with Crippen molar-refractivity contribution in [2.75, 3.05) is 19.7 Å². The second kappa shape index (κ2) is 10.6. The molecule has 6 aliphatic rings. The lowest BCUT2D eigenvalue weighted by molar-refractivity contribution is -0.226. The van der Waals surface area contributed by atoms with Gasteiger partial charge in [0.2, 0.25) is 5.91 Å². The van der Waals surface area contributed by atoms with E-state index in [9.17, 15) is 14.4 Å². The quantitative estimate of drug-likeness (QED) is 0.239. The Morgan fingerprint density at radius 2 is 1.52 bits per heavy atom. The number of ether oxygens (including phenoxy) is 2. The van der Waals surface area contributed by atoms with Crippen molar-refractivity contribution in [2.45, 2.75) is 139 Å². The van der Waals surface area contributed by atoms with E-state index in [-0.39, 0.29) is 51.0 Å². The van der Waals surface area contributed by atoms with E-state index in [1.54, 1.807) is 5.57 Å². The van der Waals surface area contributed by atoms with E-state index in [1.807, 2.05) is 0 Å². The molecule has 5 aliphatic carbocycles. The fraction of sp³-hybridized carbons (Fsp3) is 0.868. The number of esters is 2. The largest absolute Gasteiger partial charge is 0.465 e. The number of amides is 1. The van der Waals surface area contributed by atoms with Crippen LogP contribution in [0.4, 0.5) is 0 Å². The maximum absolute atomic E-state index is 14.5. The Hall–Kier alpha value is -1.85. The van der Waals surface area contributed by atoms with Crippen LogP contribution in [-0.4, -0.2) is 48.5 Å². The molecule has 0 aromatic heterocycles. The smallest absolute Gasteiger partial charge is 0.302 e. The van der Waals surface area contributed by atoms with Gasteiger partial charge in [-0.1, -0.05) is 53.2 Å². The first kappa shape index (κ1) is 32.1. The van der Waals surface area contributed by atoms with Crippen molar-refractivity contribution in [3.63, 3.8) is 0 Å². The molecule has 6 heteroatoms. The van der Waals surface area contributed by atoms with Crippen LogP contribution in [0.5, 0.6) is 0 Å². The van der Waals surface area contributed by atoms with Crippen molar-refractivity contribution in [2.24, 2.45) is 50.2 Å². The fourth-order valence-electron chi connectivity index (χ4n) is 12.5. The molecule has 1 saturated heterocycles. The topological polar surface area (TPSA) is 72.9 Å². The summed E-state index contributed by atoms with van der Waals surface area (Å²) in [5.41, 5.74) is 1.40. The van der Waals surface area contributed by atoms with E-state index in [2.05, 4.69) is 52.5 Å². The van der Waals surface area contributed by atoms with Gasteiger partial charge in [0, 0.05) is 32.4 Å². The Kier molecular flexibility index (Phi) is 7.73. The Bertz CT molecular complexity index is 1230. The van der Waals surface area contributed by atoms with Gasteiger partial charge in [-0.2, -0.15) is 0 Å². The lowest BCUT2D eigenvalue weighted by Gasteiger charge is -2.71. The molecule has 44 heavy (non-hydrogen) atoms. The van der Waals surface area contributed by atoms with Gasteiger partial charge >= 0.3 is 11.9 Å². The van der Waals surface area contributed by atoms with Crippen molar-refractivity contribution in [1.29, 1.82) is 0 Å². The van der Waals surface area contributed by atoms with Crippen LogP contribution in [0.2, 0.25) is 0 Å². The molecule has 5 fully saturated rings. The molecule has 9 atom stereocenters. The molecule has 0 unspecified atom stereocenters. The van der Waals surface area contributed by atoms with Gasteiger partial charge in [0.25, 0.3) is 0 Å². The Morgan fingerprint density at radius 3 is 2.18 bits per heavy atom. The molecule has 1 aliphatic heterocycles. The summed E-state index contributed by atoms with van der Waals surface area (Å²) in [5.74, 6) is 1.04. The van der Waals surface area contributed by atoms with Gasteiger partial charge in [0.1, 0.15) is 12.7 Å². The highest BCUT2D eigenvalue weighted by Gasteiger charge is 2.70. The molecule has 6 rings (SSSR count). The molecule has 0 aromatic rings. The highest BCUT2D eigenvalue weighted by atomic mass is 16.6. The van der Waals surface area contributed by atoms with Crippen molar-refractivity contribution < 1.29 is 23.9 Å². The van der Waals surface area contributed by atoms with Gasteiger partial charge in [0.15, 0.2) is 0 Å². The molecular weight excluding hydrogens is 550 g/mol. The van der Waals surface area contributed by atoms with Crippen LogP contribution >= 0.6 is 0 Å². The van der Waals surface area contributed by atoms with Gasteiger partial charge < -0.3 is 14.4 Å². The average molecular weight is 610 g/mol. The number of likely N-dealkylation sites (tertiary alicyclic amines) is 1. The van der Waals surface area contributed by atoms with Crippen LogP contribution in [0.1, 0.15) is 132 Å². The van der Waals surface area contributed by atoms with Crippen molar-refractivity contribution in [3.8, 4) is 0 Å². The zero-order valence-electron chi connectivity index (χ0n) is 29.0. The summed E-state index contributed by atoms with van der Waals surface area (Å²) in [6.45, 7) is 19.9. The van der Waals surface area contributed by atoms with E-state index in [1.165, 1.54) is 13.8 Å². The summed E-state index contributed by atoms with van der Waals surface area (Å²) >= 11 is 0. The molecule has 1 heterocycles. The number of fused-ring (bicyclic) bond motifs is 7. The van der Waals surface area contributed by atoms with Crippen LogP contribution in [-0.2, 0) is 23.9 Å². The number of allylic oxidation sites excluding steroid dienone is 2. The van der Waals surface area contributed by atoms with Crippen LogP contribution in [0.25, 0.3) is 0 Å². The summed E-state index contributed by atoms with van der Waals surface area (Å²) in [6.07, 6.45) is 15.1. The third kappa shape index (κ3) is 4.56. The molecule has 0 bridgehead atoms. The first-order valence-corrected chi connectivity index (χ1v) is 17.8. The van der Waals surface area contributed by atoms with E-state index in [0.29, 0.717) is 24.3 Å². The standard InChI is InChI=1S/C38H59NO5/c1-25(40)43-24-35(6)29-13-16-37(8)30(34(29,5)15-14-31(35)44-26(2)41)12-11-27-28-23-33(3,4)17-19-38(28,20-18-36(27,37)7)32(42)39-21-9-10-22-39/h11,28-31H,9-10,12-24H2,1-8H3/t28-,29+,30+,31-,34-,35-,36+,37+,38-/m0/s1. The molecule has 0 aromatic carbocycles. The molecule has 4 saturated carbocycles. The van der Waals surface area contributed by atoms with E-state index in [0.717, 1.165) is 90.1 Å². The van der Waals surface area contributed by atoms with Crippen LogP contribution in [0, 0.1) is 50.2 Å². The number of hydrogen-bond donors (Lipinski definition) is 0. The third-order valence-corrected chi connectivity index (χ3v) is 15.1. The van der Waals surface area contributed by atoms with Crippen molar-refractivity contribution in [1.82, 2.24) is 4.90 Å². The highest BCUT2D eigenvalue weighted by Crippen LogP contribution is 2.76. The second-order valence-electron chi connectivity index (χ2n) is 17.8. The van der Waals surface area contributed by atoms with Crippen molar-refractivity contribution >= 4 is 17.8 Å². The number of hydrogen-bond acceptors (Lipinski definition) is 5. The van der Waals surface area contributed by atoms with Crippen molar-refractivity contribution in [3.05, 3.63) is 11.6 Å². The number of rotatable bonds is 4. The summed E-state index contributed by atoms with van der Waals surface area (Å²) in [6, 6.07) is 0. The van der Waals surface area contributed by atoms with Gasteiger partial charge in [-0.05, 0) is 116 Å². The average Bonchev–Trinajstić information content (AvgIpc) is 3.48. The summed E-state index contributed by atoms with van der Waals surface area (Å²) in [7, 11) is 0. The zero-order chi connectivity index (χ0) is 31.9. The summed E-state index contributed by atoms with van der Waals surface area (Å²) in [5, 5.41) is 0. The summed E-state index contributed by atoms with van der Waals surface area (Å²) in [4.78, 5) is 40.9. The van der Waals surface area contributed by atoms with Crippen LogP contribution < -0.4 is 0 Å². The first-order valence-electron chi connectivity index (χ1n) is 17.8. The third-order valence-electron chi connectivity index (χ3n) is 15.1. The monoisotopic (exact) mass is 609 g/mol. The predicted molar refractivity (Wildman–Crippen MR) is 171 cm³/mol. The number of carbonyl (C=O) groups is 3. The lowest BCUT2D eigenvalue weighted by atomic mass is 9.33. The first-order chi connectivity index (χ1) is 20.5. The SMILES string of the molecule is CC(=O)OC[C@@]1(C)[C@@H]2CC[C@]3(C)[C@H](CC=C4[C@@H]5CC(C)(C)CC[C@]5(C(=O)N5CCCC5)CC[C@]43C)[C@@]2(C)CC[C@@H]1OC(C)=O.